The average molecular weight is 257 g/mol. The summed E-state index contributed by atoms with van der Waals surface area (Å²) in [6.07, 6.45) is 2.46. The minimum absolute atomic E-state index is 0.318. The average Bonchev–Trinajstić information content (AvgIpc) is 2.48. The molecule has 0 aromatic heterocycles. The van der Waals surface area contributed by atoms with Gasteiger partial charge < -0.3 is 14.8 Å². The Balaban J connectivity index is 1.94. The monoisotopic (exact) mass is 257 g/mol. The Morgan fingerprint density at radius 3 is 2.26 bits per heavy atom. The molecule has 3 heteroatoms. The molecule has 2 aromatic carbocycles. The summed E-state index contributed by atoms with van der Waals surface area (Å²) < 4.78 is 11.6. The summed E-state index contributed by atoms with van der Waals surface area (Å²) in [7, 11) is 1.70. The minimum atomic E-state index is 0.318. The van der Waals surface area contributed by atoms with Gasteiger partial charge in [-0.05, 0) is 38.1 Å². The summed E-state index contributed by atoms with van der Waals surface area (Å²) in [5, 5.41) is 5.59. The number of rotatable bonds is 3. The SMILES string of the molecule is COc1cccc2c(OC3CCNCC3)cccc12. The van der Waals surface area contributed by atoms with Crippen LogP contribution in [0.15, 0.2) is 36.4 Å². The maximum atomic E-state index is 6.17. The van der Waals surface area contributed by atoms with E-state index in [0.717, 1.165) is 48.2 Å². The summed E-state index contributed by atoms with van der Waals surface area (Å²) in [4.78, 5) is 0. The van der Waals surface area contributed by atoms with Gasteiger partial charge in [0.05, 0.1) is 7.11 Å². The van der Waals surface area contributed by atoms with Gasteiger partial charge in [0.25, 0.3) is 0 Å². The zero-order chi connectivity index (χ0) is 13.1. The van der Waals surface area contributed by atoms with Gasteiger partial charge in [-0.1, -0.05) is 24.3 Å². The Morgan fingerprint density at radius 1 is 0.947 bits per heavy atom. The zero-order valence-corrected chi connectivity index (χ0v) is 11.2. The fourth-order valence-corrected chi connectivity index (χ4v) is 2.63. The lowest BCUT2D eigenvalue weighted by Crippen LogP contribution is -2.34. The lowest BCUT2D eigenvalue weighted by atomic mass is 10.1. The molecule has 2 aromatic rings. The summed E-state index contributed by atoms with van der Waals surface area (Å²) in [6, 6.07) is 12.2. The third-order valence-electron chi connectivity index (χ3n) is 3.64. The second kappa shape index (κ2) is 5.49. The first-order valence-corrected chi connectivity index (χ1v) is 6.81. The molecule has 3 nitrogen and oxygen atoms in total. The van der Waals surface area contributed by atoms with Crippen molar-refractivity contribution in [3.63, 3.8) is 0 Å². The van der Waals surface area contributed by atoms with Crippen LogP contribution in [0.2, 0.25) is 0 Å². The molecular formula is C16H19NO2. The van der Waals surface area contributed by atoms with Crippen LogP contribution in [-0.4, -0.2) is 26.3 Å². The first kappa shape index (κ1) is 12.3. The highest BCUT2D eigenvalue weighted by Gasteiger charge is 2.16. The predicted molar refractivity (Wildman–Crippen MR) is 77.0 cm³/mol. The number of hydrogen-bond donors (Lipinski definition) is 1. The molecule has 1 aliphatic heterocycles. The smallest absolute Gasteiger partial charge is 0.127 e. The lowest BCUT2D eigenvalue weighted by molar-refractivity contribution is 0.164. The van der Waals surface area contributed by atoms with Gasteiger partial charge in [0.1, 0.15) is 17.6 Å². The van der Waals surface area contributed by atoms with E-state index in [1.807, 2.05) is 24.3 Å². The van der Waals surface area contributed by atoms with E-state index in [4.69, 9.17) is 9.47 Å². The van der Waals surface area contributed by atoms with Crippen molar-refractivity contribution < 1.29 is 9.47 Å². The van der Waals surface area contributed by atoms with Gasteiger partial charge in [-0.2, -0.15) is 0 Å². The first-order valence-electron chi connectivity index (χ1n) is 6.81. The molecule has 1 heterocycles. The summed E-state index contributed by atoms with van der Waals surface area (Å²) in [6.45, 7) is 2.08. The van der Waals surface area contributed by atoms with Crippen LogP contribution >= 0.6 is 0 Å². The third kappa shape index (κ3) is 2.51. The Morgan fingerprint density at radius 2 is 1.58 bits per heavy atom. The van der Waals surface area contributed by atoms with E-state index < -0.39 is 0 Å². The van der Waals surface area contributed by atoms with Crippen molar-refractivity contribution in [3.05, 3.63) is 36.4 Å². The van der Waals surface area contributed by atoms with Gasteiger partial charge in [-0.3, -0.25) is 0 Å². The molecule has 0 amide bonds. The highest BCUT2D eigenvalue weighted by atomic mass is 16.5. The Labute approximate surface area is 113 Å². The molecule has 3 rings (SSSR count). The topological polar surface area (TPSA) is 30.5 Å². The van der Waals surface area contributed by atoms with Crippen molar-refractivity contribution in [2.75, 3.05) is 20.2 Å². The number of piperidine rings is 1. The van der Waals surface area contributed by atoms with E-state index >= 15 is 0 Å². The number of fused-ring (bicyclic) bond motifs is 1. The Hall–Kier alpha value is -1.74. The van der Waals surface area contributed by atoms with Gasteiger partial charge in [-0.15, -0.1) is 0 Å². The van der Waals surface area contributed by atoms with Crippen LogP contribution in [0.1, 0.15) is 12.8 Å². The number of methoxy groups -OCH3 is 1. The normalized spacial score (nSPS) is 16.5. The van der Waals surface area contributed by atoms with Crippen molar-refractivity contribution in [1.82, 2.24) is 5.32 Å². The second-order valence-corrected chi connectivity index (χ2v) is 4.88. The van der Waals surface area contributed by atoms with Crippen molar-refractivity contribution in [1.29, 1.82) is 0 Å². The molecular weight excluding hydrogens is 238 g/mol. The van der Waals surface area contributed by atoms with Crippen molar-refractivity contribution in [2.24, 2.45) is 0 Å². The Kier molecular flexibility index (Phi) is 3.56. The number of ether oxygens (including phenoxy) is 2. The molecule has 0 radical (unpaired) electrons. The molecule has 1 N–H and O–H groups in total. The van der Waals surface area contributed by atoms with Crippen LogP contribution in [0.5, 0.6) is 11.5 Å². The summed E-state index contributed by atoms with van der Waals surface area (Å²) >= 11 is 0. The molecule has 0 saturated carbocycles. The Bertz CT molecular complexity index is 562. The predicted octanol–water partition coefficient (Wildman–Crippen LogP) is 2.98. The van der Waals surface area contributed by atoms with Gasteiger partial charge in [0, 0.05) is 10.8 Å². The molecule has 0 atom stereocenters. The van der Waals surface area contributed by atoms with Gasteiger partial charge >= 0.3 is 0 Å². The van der Waals surface area contributed by atoms with Crippen molar-refractivity contribution >= 4 is 10.8 Å². The van der Waals surface area contributed by atoms with E-state index in [1.54, 1.807) is 7.11 Å². The van der Waals surface area contributed by atoms with E-state index in [9.17, 15) is 0 Å². The first-order chi connectivity index (χ1) is 9.38. The van der Waals surface area contributed by atoms with Crippen molar-refractivity contribution in [3.8, 4) is 11.5 Å². The third-order valence-corrected chi connectivity index (χ3v) is 3.64. The van der Waals surface area contributed by atoms with Crippen LogP contribution < -0.4 is 14.8 Å². The maximum Gasteiger partial charge on any atom is 0.127 e. The van der Waals surface area contributed by atoms with Crippen LogP contribution in [0.25, 0.3) is 10.8 Å². The fraction of sp³-hybridized carbons (Fsp3) is 0.375. The molecule has 1 aliphatic rings. The lowest BCUT2D eigenvalue weighted by Gasteiger charge is -2.24. The van der Waals surface area contributed by atoms with Gasteiger partial charge in [0.15, 0.2) is 0 Å². The number of nitrogens with one attached hydrogen (secondary N) is 1. The zero-order valence-electron chi connectivity index (χ0n) is 11.2. The van der Waals surface area contributed by atoms with E-state index in [-0.39, 0.29) is 0 Å². The van der Waals surface area contributed by atoms with E-state index in [2.05, 4.69) is 17.4 Å². The molecule has 0 bridgehead atoms. The van der Waals surface area contributed by atoms with Gasteiger partial charge in [-0.25, -0.2) is 0 Å². The second-order valence-electron chi connectivity index (χ2n) is 4.88. The highest BCUT2D eigenvalue weighted by molar-refractivity contribution is 5.93. The number of hydrogen-bond acceptors (Lipinski definition) is 3. The summed E-state index contributed by atoms with van der Waals surface area (Å²) in [5.41, 5.74) is 0. The highest BCUT2D eigenvalue weighted by Crippen LogP contribution is 2.33. The van der Waals surface area contributed by atoms with E-state index in [1.165, 1.54) is 0 Å². The van der Waals surface area contributed by atoms with Crippen molar-refractivity contribution in [2.45, 2.75) is 18.9 Å². The minimum Gasteiger partial charge on any atom is -0.496 e. The molecule has 0 spiro atoms. The molecule has 100 valence electrons. The van der Waals surface area contributed by atoms with Crippen LogP contribution in [0, 0.1) is 0 Å². The number of benzene rings is 2. The maximum absolute atomic E-state index is 6.17. The van der Waals surface area contributed by atoms with Crippen LogP contribution in [-0.2, 0) is 0 Å². The molecule has 0 aliphatic carbocycles. The largest absolute Gasteiger partial charge is 0.496 e. The van der Waals surface area contributed by atoms with Gasteiger partial charge in [0.2, 0.25) is 0 Å². The molecule has 0 unspecified atom stereocenters. The summed E-state index contributed by atoms with van der Waals surface area (Å²) in [5.74, 6) is 1.86. The molecule has 19 heavy (non-hydrogen) atoms. The molecule has 1 saturated heterocycles. The van der Waals surface area contributed by atoms with Crippen LogP contribution in [0.3, 0.4) is 0 Å². The quantitative estimate of drug-likeness (QED) is 0.917. The van der Waals surface area contributed by atoms with E-state index in [0.29, 0.717) is 6.10 Å². The molecule has 1 fully saturated rings. The van der Waals surface area contributed by atoms with Crippen LogP contribution in [0.4, 0.5) is 0 Å². The standard InChI is InChI=1S/C16H19NO2/c1-18-15-6-2-5-14-13(15)4-3-7-16(14)19-12-8-10-17-11-9-12/h2-7,12,17H,8-11H2,1H3. The fourth-order valence-electron chi connectivity index (χ4n) is 2.63.